The highest BCUT2D eigenvalue weighted by Gasteiger charge is 2.18. The summed E-state index contributed by atoms with van der Waals surface area (Å²) in [7, 11) is 0. The van der Waals surface area contributed by atoms with E-state index in [2.05, 4.69) is 52.3 Å². The van der Waals surface area contributed by atoms with Gasteiger partial charge in [0.15, 0.2) is 11.6 Å². The second kappa shape index (κ2) is 5.37. The summed E-state index contributed by atoms with van der Waals surface area (Å²) in [5, 5.41) is 3.95. The van der Waals surface area contributed by atoms with Crippen LogP contribution in [-0.4, -0.2) is 5.16 Å². The maximum atomic E-state index is 6.02. The number of hydrogen-bond acceptors (Lipinski definition) is 3. The van der Waals surface area contributed by atoms with Gasteiger partial charge in [-0.15, -0.1) is 0 Å². The highest BCUT2D eigenvalue weighted by molar-refractivity contribution is 9.10. The Bertz CT molecular complexity index is 788. The minimum atomic E-state index is 0.410. The summed E-state index contributed by atoms with van der Waals surface area (Å²) < 4.78 is 6.49. The van der Waals surface area contributed by atoms with E-state index in [1.807, 2.05) is 25.1 Å². The summed E-state index contributed by atoms with van der Waals surface area (Å²) in [5.41, 5.74) is 11.2. The molecule has 0 radical (unpaired) electrons. The van der Waals surface area contributed by atoms with Crippen molar-refractivity contribution >= 4 is 21.7 Å². The number of rotatable bonds is 2. The van der Waals surface area contributed by atoms with Gasteiger partial charge in [0.1, 0.15) is 0 Å². The molecule has 4 heteroatoms. The van der Waals surface area contributed by atoms with Crippen molar-refractivity contribution in [2.75, 3.05) is 5.73 Å². The van der Waals surface area contributed by atoms with Gasteiger partial charge in [0, 0.05) is 10.0 Å². The first-order chi connectivity index (χ1) is 10.0. The van der Waals surface area contributed by atoms with E-state index in [-0.39, 0.29) is 0 Å². The van der Waals surface area contributed by atoms with Crippen molar-refractivity contribution in [3.05, 3.63) is 58.1 Å². The van der Waals surface area contributed by atoms with Gasteiger partial charge in [-0.1, -0.05) is 50.9 Å². The average molecular weight is 343 g/mol. The van der Waals surface area contributed by atoms with Gasteiger partial charge < -0.3 is 10.3 Å². The predicted octanol–water partition coefficient (Wildman–Crippen LogP) is 4.97. The first kappa shape index (κ1) is 13.9. The zero-order valence-corrected chi connectivity index (χ0v) is 13.4. The molecule has 0 saturated heterocycles. The van der Waals surface area contributed by atoms with Crippen molar-refractivity contribution in [1.29, 1.82) is 0 Å². The third kappa shape index (κ3) is 2.72. The summed E-state index contributed by atoms with van der Waals surface area (Å²) in [4.78, 5) is 0. The third-order valence-corrected chi connectivity index (χ3v) is 3.79. The van der Waals surface area contributed by atoms with Gasteiger partial charge >= 0.3 is 0 Å². The lowest BCUT2D eigenvalue weighted by atomic mass is 9.99. The Kier molecular flexibility index (Phi) is 3.55. The maximum absolute atomic E-state index is 6.02. The van der Waals surface area contributed by atoms with Crippen LogP contribution in [0.1, 0.15) is 11.1 Å². The molecule has 3 rings (SSSR count). The van der Waals surface area contributed by atoms with Crippen molar-refractivity contribution in [2.45, 2.75) is 13.8 Å². The molecule has 21 heavy (non-hydrogen) atoms. The van der Waals surface area contributed by atoms with E-state index in [4.69, 9.17) is 10.3 Å². The molecule has 1 heterocycles. The van der Waals surface area contributed by atoms with Crippen LogP contribution in [0.5, 0.6) is 0 Å². The van der Waals surface area contributed by atoms with Gasteiger partial charge in [0.2, 0.25) is 0 Å². The molecule has 0 atom stereocenters. The van der Waals surface area contributed by atoms with Crippen LogP contribution in [0.3, 0.4) is 0 Å². The highest BCUT2D eigenvalue weighted by Crippen LogP contribution is 2.37. The molecule has 0 aliphatic rings. The molecule has 106 valence electrons. The van der Waals surface area contributed by atoms with Crippen LogP contribution >= 0.6 is 15.9 Å². The number of halogens is 1. The van der Waals surface area contributed by atoms with E-state index in [1.165, 1.54) is 5.56 Å². The van der Waals surface area contributed by atoms with Crippen LogP contribution in [0.2, 0.25) is 0 Å². The molecule has 0 spiro atoms. The third-order valence-electron chi connectivity index (χ3n) is 3.33. The monoisotopic (exact) mass is 342 g/mol. The minimum absolute atomic E-state index is 0.410. The number of nitrogens with two attached hydrogens (primary N) is 1. The second-order valence-corrected chi connectivity index (χ2v) is 6.07. The van der Waals surface area contributed by atoms with Gasteiger partial charge in [0.25, 0.3) is 0 Å². The van der Waals surface area contributed by atoms with Crippen LogP contribution in [-0.2, 0) is 0 Å². The Balaban J connectivity index is 2.21. The van der Waals surface area contributed by atoms with Gasteiger partial charge in [-0.2, -0.15) is 0 Å². The van der Waals surface area contributed by atoms with E-state index in [9.17, 15) is 0 Å². The van der Waals surface area contributed by atoms with E-state index in [0.29, 0.717) is 11.6 Å². The molecule has 0 amide bonds. The molecule has 0 aliphatic carbocycles. The van der Waals surface area contributed by atoms with Gasteiger partial charge in [-0.25, -0.2) is 0 Å². The quantitative estimate of drug-likeness (QED) is 0.715. The number of nitrogens with zero attached hydrogens (tertiary/aromatic N) is 1. The van der Waals surface area contributed by atoms with Crippen molar-refractivity contribution < 1.29 is 4.52 Å². The van der Waals surface area contributed by atoms with Crippen LogP contribution < -0.4 is 5.73 Å². The first-order valence-electron chi connectivity index (χ1n) is 6.64. The van der Waals surface area contributed by atoms with Crippen LogP contribution in [0.15, 0.2) is 51.5 Å². The number of nitrogen functional groups attached to an aromatic ring is 1. The molecular formula is C17H15BrN2O. The summed E-state index contributed by atoms with van der Waals surface area (Å²) in [6, 6.07) is 14.3. The van der Waals surface area contributed by atoms with E-state index in [1.54, 1.807) is 0 Å². The molecule has 2 aromatic carbocycles. The van der Waals surface area contributed by atoms with Crippen molar-refractivity contribution in [3.63, 3.8) is 0 Å². The first-order valence-corrected chi connectivity index (χ1v) is 7.43. The van der Waals surface area contributed by atoms with Crippen molar-refractivity contribution in [3.8, 4) is 22.5 Å². The van der Waals surface area contributed by atoms with Crippen LogP contribution in [0, 0.1) is 13.8 Å². The lowest BCUT2D eigenvalue weighted by Gasteiger charge is -2.05. The summed E-state index contributed by atoms with van der Waals surface area (Å²) >= 11 is 3.52. The number of anilines is 1. The SMILES string of the molecule is Cc1cc(Br)cc(-c2onc(N)c2-c2cccc(C)c2)c1. The zero-order chi connectivity index (χ0) is 15.0. The highest BCUT2D eigenvalue weighted by atomic mass is 79.9. The Morgan fingerprint density at radius 3 is 2.48 bits per heavy atom. The summed E-state index contributed by atoms with van der Waals surface area (Å²) in [6.07, 6.45) is 0. The zero-order valence-electron chi connectivity index (χ0n) is 11.9. The van der Waals surface area contributed by atoms with Crippen molar-refractivity contribution in [1.82, 2.24) is 5.16 Å². The van der Waals surface area contributed by atoms with Crippen LogP contribution in [0.4, 0.5) is 5.82 Å². The normalized spacial score (nSPS) is 10.8. The van der Waals surface area contributed by atoms with E-state index < -0.39 is 0 Å². The molecule has 1 aromatic heterocycles. The molecular weight excluding hydrogens is 328 g/mol. The molecule has 3 aromatic rings. The predicted molar refractivity (Wildman–Crippen MR) is 89.0 cm³/mol. The Morgan fingerprint density at radius 1 is 1.00 bits per heavy atom. The molecule has 3 nitrogen and oxygen atoms in total. The lowest BCUT2D eigenvalue weighted by Crippen LogP contribution is -1.89. The summed E-state index contributed by atoms with van der Waals surface area (Å²) in [5.74, 6) is 1.11. The van der Waals surface area contributed by atoms with Gasteiger partial charge in [-0.3, -0.25) is 0 Å². The molecule has 0 bridgehead atoms. The van der Waals surface area contributed by atoms with E-state index >= 15 is 0 Å². The second-order valence-electron chi connectivity index (χ2n) is 5.16. The van der Waals surface area contributed by atoms with E-state index in [0.717, 1.165) is 26.7 Å². The Hall–Kier alpha value is -2.07. The Labute approximate surface area is 131 Å². The molecule has 0 aliphatic heterocycles. The van der Waals surface area contributed by atoms with Crippen LogP contribution in [0.25, 0.3) is 22.5 Å². The molecule has 0 fully saturated rings. The van der Waals surface area contributed by atoms with Gasteiger partial charge in [-0.05, 0) is 43.2 Å². The minimum Gasteiger partial charge on any atom is -0.380 e. The molecule has 0 saturated carbocycles. The number of aryl methyl sites for hydroxylation is 2. The lowest BCUT2D eigenvalue weighted by molar-refractivity contribution is 0.436. The number of hydrogen-bond donors (Lipinski definition) is 1. The topological polar surface area (TPSA) is 52.0 Å². The molecule has 2 N–H and O–H groups in total. The fraction of sp³-hybridized carbons (Fsp3) is 0.118. The van der Waals surface area contributed by atoms with Gasteiger partial charge in [0.05, 0.1) is 5.56 Å². The standard InChI is InChI=1S/C17H15BrN2O/c1-10-4-3-5-12(6-10)15-16(21-20-17(15)19)13-7-11(2)8-14(18)9-13/h3-9H,1-2H3,(H2,19,20). The maximum Gasteiger partial charge on any atom is 0.176 e. The Morgan fingerprint density at radius 2 is 1.76 bits per heavy atom. The largest absolute Gasteiger partial charge is 0.380 e. The smallest absolute Gasteiger partial charge is 0.176 e. The van der Waals surface area contributed by atoms with Crippen molar-refractivity contribution in [2.24, 2.45) is 0 Å². The number of benzene rings is 2. The fourth-order valence-corrected chi connectivity index (χ4v) is 3.05. The molecule has 0 unspecified atom stereocenters. The summed E-state index contributed by atoms with van der Waals surface area (Å²) in [6.45, 7) is 4.09. The average Bonchev–Trinajstić information content (AvgIpc) is 2.79. The number of aromatic nitrogens is 1. The fourth-order valence-electron chi connectivity index (χ4n) is 2.45.